The van der Waals surface area contributed by atoms with Gasteiger partial charge in [0, 0.05) is 18.4 Å². The van der Waals surface area contributed by atoms with Crippen molar-refractivity contribution in [1.29, 1.82) is 0 Å². The Morgan fingerprint density at radius 3 is 2.59 bits per heavy atom. The van der Waals surface area contributed by atoms with Gasteiger partial charge in [-0.2, -0.15) is 0 Å². The van der Waals surface area contributed by atoms with E-state index < -0.39 is 0 Å². The molecule has 3 aromatic rings. The quantitative estimate of drug-likeness (QED) is 0.671. The number of ether oxygens (including phenoxy) is 1. The number of carbonyl (C=O) groups is 1. The Morgan fingerprint density at radius 2 is 1.89 bits per heavy atom. The van der Waals surface area contributed by atoms with Crippen molar-refractivity contribution in [3.63, 3.8) is 0 Å². The predicted octanol–water partition coefficient (Wildman–Crippen LogP) is 2.73. The molecule has 27 heavy (non-hydrogen) atoms. The molecule has 0 radical (unpaired) electrons. The maximum Gasteiger partial charge on any atom is 0.270 e. The molecule has 0 unspecified atom stereocenters. The van der Waals surface area contributed by atoms with Crippen LogP contribution in [0.2, 0.25) is 0 Å². The van der Waals surface area contributed by atoms with E-state index in [0.717, 1.165) is 17.0 Å². The Labute approximate surface area is 157 Å². The second kappa shape index (κ2) is 8.75. The Bertz CT molecular complexity index is 898. The van der Waals surface area contributed by atoms with Crippen LogP contribution in [0.15, 0.2) is 54.7 Å². The molecule has 0 atom stereocenters. The summed E-state index contributed by atoms with van der Waals surface area (Å²) in [6.45, 7) is 2.72. The Morgan fingerprint density at radius 1 is 1.07 bits per heavy atom. The average molecular weight is 363 g/mol. The van der Waals surface area contributed by atoms with Crippen molar-refractivity contribution in [3.05, 3.63) is 77.4 Å². The maximum atomic E-state index is 12.5. The number of rotatable bonds is 7. The van der Waals surface area contributed by atoms with Crippen molar-refractivity contribution in [2.75, 3.05) is 12.4 Å². The minimum atomic E-state index is -0.253. The first-order valence-corrected chi connectivity index (χ1v) is 8.54. The first-order chi connectivity index (χ1) is 13.1. The molecule has 138 valence electrons. The van der Waals surface area contributed by atoms with E-state index in [9.17, 15) is 4.79 Å². The molecular weight excluding hydrogens is 342 g/mol. The van der Waals surface area contributed by atoms with Crippen LogP contribution in [0.1, 0.15) is 27.4 Å². The number of benzene rings is 1. The van der Waals surface area contributed by atoms with Gasteiger partial charge in [0.2, 0.25) is 5.95 Å². The number of nitrogens with zero attached hydrogens (tertiary/aromatic N) is 3. The van der Waals surface area contributed by atoms with Crippen LogP contribution in [0.3, 0.4) is 0 Å². The molecule has 0 fully saturated rings. The second-order valence-corrected chi connectivity index (χ2v) is 5.92. The molecule has 7 heteroatoms. The van der Waals surface area contributed by atoms with Crippen molar-refractivity contribution >= 4 is 11.9 Å². The third-order valence-corrected chi connectivity index (χ3v) is 3.85. The van der Waals surface area contributed by atoms with E-state index in [1.807, 2.05) is 49.4 Å². The lowest BCUT2D eigenvalue weighted by atomic mass is 10.2. The van der Waals surface area contributed by atoms with Crippen LogP contribution in [-0.2, 0) is 13.1 Å². The van der Waals surface area contributed by atoms with Crippen molar-refractivity contribution < 1.29 is 9.53 Å². The molecule has 1 aromatic carbocycles. The number of aromatic nitrogens is 3. The number of amides is 1. The summed E-state index contributed by atoms with van der Waals surface area (Å²) < 4.78 is 5.13. The molecule has 0 aliphatic rings. The molecule has 1 amide bonds. The van der Waals surface area contributed by atoms with Gasteiger partial charge in [0.05, 0.1) is 19.3 Å². The molecule has 2 N–H and O–H groups in total. The Balaban J connectivity index is 1.62. The first kappa shape index (κ1) is 18.3. The van der Waals surface area contributed by atoms with E-state index in [1.165, 1.54) is 0 Å². The molecule has 3 rings (SSSR count). The van der Waals surface area contributed by atoms with Crippen molar-refractivity contribution in [3.8, 4) is 5.75 Å². The minimum absolute atomic E-state index is 0.253. The molecular formula is C20H21N5O2. The number of carbonyl (C=O) groups excluding carboxylic acids is 1. The molecule has 0 bridgehead atoms. The van der Waals surface area contributed by atoms with Gasteiger partial charge >= 0.3 is 0 Å². The lowest BCUT2D eigenvalue weighted by molar-refractivity contribution is 0.0945. The van der Waals surface area contributed by atoms with Crippen LogP contribution in [0.4, 0.5) is 5.95 Å². The molecule has 0 spiro atoms. The summed E-state index contributed by atoms with van der Waals surface area (Å²) in [5.41, 5.74) is 2.87. The van der Waals surface area contributed by atoms with Gasteiger partial charge in [-0.1, -0.05) is 18.2 Å². The van der Waals surface area contributed by atoms with Crippen molar-refractivity contribution in [1.82, 2.24) is 20.3 Å². The topological polar surface area (TPSA) is 89.0 Å². The fourth-order valence-electron chi connectivity index (χ4n) is 2.45. The molecule has 0 aliphatic heterocycles. The smallest absolute Gasteiger partial charge is 0.270 e. The highest BCUT2D eigenvalue weighted by Crippen LogP contribution is 2.11. The number of hydrogen-bond acceptors (Lipinski definition) is 6. The van der Waals surface area contributed by atoms with Gasteiger partial charge in [-0.05, 0) is 42.8 Å². The van der Waals surface area contributed by atoms with Gasteiger partial charge in [-0.3, -0.25) is 9.78 Å². The van der Waals surface area contributed by atoms with E-state index >= 15 is 0 Å². The summed E-state index contributed by atoms with van der Waals surface area (Å²) in [5.74, 6) is 0.924. The predicted molar refractivity (Wildman–Crippen MR) is 102 cm³/mol. The summed E-state index contributed by atoms with van der Waals surface area (Å²) in [6.07, 6.45) is 1.73. The normalized spacial score (nSPS) is 10.3. The van der Waals surface area contributed by atoms with Gasteiger partial charge in [0.1, 0.15) is 11.4 Å². The number of hydrogen-bond donors (Lipinski definition) is 2. The molecule has 0 aliphatic carbocycles. The van der Waals surface area contributed by atoms with Crippen LogP contribution in [0.25, 0.3) is 0 Å². The van der Waals surface area contributed by atoms with Gasteiger partial charge in [-0.15, -0.1) is 0 Å². The second-order valence-electron chi connectivity index (χ2n) is 5.92. The highest BCUT2D eigenvalue weighted by Gasteiger charge is 2.10. The monoisotopic (exact) mass is 363 g/mol. The highest BCUT2D eigenvalue weighted by atomic mass is 16.5. The van der Waals surface area contributed by atoms with Crippen LogP contribution in [0, 0.1) is 6.92 Å². The standard InChI is InChI=1S/C20H21N5O2/c1-14-11-18(19(26)22-12-15-6-8-17(27-2)9-7-15)25-20(24-14)23-13-16-5-3-4-10-21-16/h3-11H,12-13H2,1-2H3,(H,22,26)(H,23,24,25). The average Bonchev–Trinajstić information content (AvgIpc) is 2.71. The number of pyridine rings is 1. The maximum absolute atomic E-state index is 12.5. The fraction of sp³-hybridized carbons (Fsp3) is 0.200. The zero-order valence-corrected chi connectivity index (χ0v) is 15.3. The SMILES string of the molecule is COc1ccc(CNC(=O)c2cc(C)nc(NCc3ccccn3)n2)cc1. The van der Waals surface area contributed by atoms with Crippen molar-refractivity contribution in [2.24, 2.45) is 0 Å². The van der Waals surface area contributed by atoms with Gasteiger partial charge in [0.25, 0.3) is 5.91 Å². The third-order valence-electron chi connectivity index (χ3n) is 3.85. The summed E-state index contributed by atoms with van der Waals surface area (Å²) in [5, 5.41) is 5.98. The van der Waals surface area contributed by atoms with E-state index in [-0.39, 0.29) is 5.91 Å². The number of nitrogens with one attached hydrogen (secondary N) is 2. The van der Waals surface area contributed by atoms with Crippen LogP contribution in [-0.4, -0.2) is 28.0 Å². The number of methoxy groups -OCH3 is 1. The van der Waals surface area contributed by atoms with Crippen LogP contribution < -0.4 is 15.4 Å². The fourth-order valence-corrected chi connectivity index (χ4v) is 2.45. The van der Waals surface area contributed by atoms with E-state index in [0.29, 0.717) is 30.4 Å². The van der Waals surface area contributed by atoms with Crippen molar-refractivity contribution in [2.45, 2.75) is 20.0 Å². The minimum Gasteiger partial charge on any atom is -0.497 e. The zero-order chi connectivity index (χ0) is 19.1. The van der Waals surface area contributed by atoms with Gasteiger partial charge in [-0.25, -0.2) is 9.97 Å². The number of aryl methyl sites for hydroxylation is 1. The zero-order valence-electron chi connectivity index (χ0n) is 15.3. The highest BCUT2D eigenvalue weighted by molar-refractivity contribution is 5.92. The summed E-state index contributed by atoms with van der Waals surface area (Å²) in [7, 11) is 1.62. The summed E-state index contributed by atoms with van der Waals surface area (Å²) in [6, 6.07) is 14.9. The lowest BCUT2D eigenvalue weighted by Gasteiger charge is -2.09. The molecule has 2 heterocycles. The largest absolute Gasteiger partial charge is 0.497 e. The van der Waals surface area contributed by atoms with E-state index in [2.05, 4.69) is 25.6 Å². The first-order valence-electron chi connectivity index (χ1n) is 8.54. The van der Waals surface area contributed by atoms with Gasteiger partial charge in [0.15, 0.2) is 0 Å². The Hall–Kier alpha value is -3.48. The summed E-state index contributed by atoms with van der Waals surface area (Å²) >= 11 is 0. The van der Waals surface area contributed by atoms with Gasteiger partial charge < -0.3 is 15.4 Å². The molecule has 0 saturated heterocycles. The molecule has 7 nitrogen and oxygen atoms in total. The van der Waals surface area contributed by atoms with E-state index in [4.69, 9.17) is 4.74 Å². The summed E-state index contributed by atoms with van der Waals surface area (Å²) in [4.78, 5) is 25.3. The Kier molecular flexibility index (Phi) is 5.94. The third kappa shape index (κ3) is 5.24. The molecule has 0 saturated carbocycles. The van der Waals surface area contributed by atoms with Crippen LogP contribution >= 0.6 is 0 Å². The van der Waals surface area contributed by atoms with Crippen LogP contribution in [0.5, 0.6) is 5.75 Å². The number of anilines is 1. The van der Waals surface area contributed by atoms with E-state index in [1.54, 1.807) is 19.4 Å². The lowest BCUT2D eigenvalue weighted by Crippen LogP contribution is -2.24. The molecule has 2 aromatic heterocycles.